The van der Waals surface area contributed by atoms with E-state index in [-0.39, 0.29) is 18.5 Å². The monoisotopic (exact) mass is 1250 g/mol. The van der Waals surface area contributed by atoms with Crippen LogP contribution in [0.5, 0.6) is 0 Å². The quantitative estimate of drug-likeness (QED) is 0.0320. The zero-order valence-corrected chi connectivity index (χ0v) is 60.7. The molecule has 0 heterocycles. The number of aliphatic hydroxyl groups excluding tert-OH is 2. The Morgan fingerprint density at radius 2 is 0.562 bits per heavy atom. The van der Waals surface area contributed by atoms with Gasteiger partial charge in [-0.25, -0.2) is 0 Å². The van der Waals surface area contributed by atoms with Gasteiger partial charge in [0.2, 0.25) is 5.91 Å². The lowest BCUT2D eigenvalue weighted by molar-refractivity contribution is -0.143. The zero-order chi connectivity index (χ0) is 64.2. The number of ether oxygens (including phenoxy) is 1. The minimum absolute atomic E-state index is 0.0192. The molecule has 0 saturated carbocycles. The first-order valence-electron chi connectivity index (χ1n) is 41.1. The molecule has 2 unspecified atom stereocenters. The summed E-state index contributed by atoms with van der Waals surface area (Å²) in [6, 6.07) is -0.542. The molecule has 89 heavy (non-hydrogen) atoms. The molecule has 0 aliphatic rings. The lowest BCUT2D eigenvalue weighted by atomic mass is 10.0. The maximum Gasteiger partial charge on any atom is 0.305 e. The Balaban J connectivity index is 3.37. The van der Waals surface area contributed by atoms with Gasteiger partial charge >= 0.3 is 5.97 Å². The standard InChI is InChI=1S/C83H161NO5/c1-3-5-7-9-11-13-15-17-19-21-23-24-36-40-43-47-51-55-59-63-67-71-75-81(86)80(79-85)84-82(87)76-72-68-64-60-56-52-48-44-41-37-34-32-30-28-26-25-27-29-31-33-35-38-42-46-50-54-58-62-66-70-74-78-89-83(88)77-73-69-65-61-57-53-49-45-39-22-20-18-16-14-12-10-8-6-4-2/h27,29,33,35,80-81,85-86H,3-26,28,30-32,34,36-79H2,1-2H3,(H,84,87)/b29-27-,35-33-. The normalized spacial score (nSPS) is 12.5. The molecule has 528 valence electrons. The fraction of sp³-hybridized carbons (Fsp3) is 0.928. The summed E-state index contributed by atoms with van der Waals surface area (Å²) in [5.41, 5.74) is 0. The van der Waals surface area contributed by atoms with Crippen LogP contribution < -0.4 is 5.32 Å². The molecular formula is C83H161NO5. The summed E-state index contributed by atoms with van der Waals surface area (Å²) in [5, 5.41) is 23.5. The summed E-state index contributed by atoms with van der Waals surface area (Å²) in [6.45, 7) is 5.01. The van der Waals surface area contributed by atoms with Gasteiger partial charge in [-0.3, -0.25) is 9.59 Å². The van der Waals surface area contributed by atoms with E-state index in [1.54, 1.807) is 0 Å². The smallest absolute Gasteiger partial charge is 0.305 e. The van der Waals surface area contributed by atoms with Gasteiger partial charge in [0.25, 0.3) is 0 Å². The van der Waals surface area contributed by atoms with Gasteiger partial charge in [-0.05, 0) is 57.8 Å². The maximum absolute atomic E-state index is 12.6. The number of nitrogens with one attached hydrogen (secondary N) is 1. The van der Waals surface area contributed by atoms with Crippen molar-refractivity contribution in [3.63, 3.8) is 0 Å². The average Bonchev–Trinajstić information content (AvgIpc) is 3.63. The molecule has 0 aromatic carbocycles. The number of carbonyl (C=O) groups excluding carboxylic acids is 2. The van der Waals surface area contributed by atoms with Gasteiger partial charge in [0.05, 0.1) is 25.4 Å². The van der Waals surface area contributed by atoms with Gasteiger partial charge in [-0.2, -0.15) is 0 Å². The lowest BCUT2D eigenvalue weighted by Gasteiger charge is -2.22. The molecule has 3 N–H and O–H groups in total. The fourth-order valence-electron chi connectivity index (χ4n) is 13.3. The number of hydrogen-bond donors (Lipinski definition) is 3. The van der Waals surface area contributed by atoms with Crippen LogP contribution in [0.25, 0.3) is 0 Å². The van der Waals surface area contributed by atoms with Crippen LogP contribution in [0.15, 0.2) is 24.3 Å². The Morgan fingerprint density at radius 3 is 0.854 bits per heavy atom. The van der Waals surface area contributed by atoms with Crippen LogP contribution in [0.3, 0.4) is 0 Å². The highest BCUT2D eigenvalue weighted by atomic mass is 16.5. The summed E-state index contributed by atoms with van der Waals surface area (Å²) >= 11 is 0. The van der Waals surface area contributed by atoms with E-state index >= 15 is 0 Å². The van der Waals surface area contributed by atoms with E-state index in [2.05, 4.69) is 43.5 Å². The van der Waals surface area contributed by atoms with Crippen LogP contribution in [-0.2, 0) is 14.3 Å². The van der Waals surface area contributed by atoms with Crippen LogP contribution in [-0.4, -0.2) is 47.4 Å². The SMILES string of the molecule is CCCCCCCCCCCCCCCCCCCCCCCCC(O)C(CO)NC(=O)CCCCCCCCCCCCCCCCC/C=C\C/C=C\CCCCCCCCCCCOC(=O)CCCCCCCCCCCCCCCCCCCCC. The van der Waals surface area contributed by atoms with E-state index in [0.717, 1.165) is 44.9 Å². The van der Waals surface area contributed by atoms with E-state index in [9.17, 15) is 19.8 Å². The Bertz CT molecular complexity index is 1400. The maximum atomic E-state index is 12.6. The van der Waals surface area contributed by atoms with Gasteiger partial charge in [-0.15, -0.1) is 0 Å². The number of rotatable bonds is 78. The molecule has 0 aromatic rings. The summed E-state index contributed by atoms with van der Waals surface area (Å²) in [6.07, 6.45) is 101. The van der Waals surface area contributed by atoms with Crippen LogP contribution in [0.4, 0.5) is 0 Å². The van der Waals surface area contributed by atoms with Crippen LogP contribution in [0.2, 0.25) is 0 Å². The topological polar surface area (TPSA) is 95.9 Å². The lowest BCUT2D eigenvalue weighted by Crippen LogP contribution is -2.45. The number of esters is 1. The molecule has 0 rings (SSSR count). The summed E-state index contributed by atoms with van der Waals surface area (Å²) in [5.74, 6) is -0.00957. The molecule has 0 fully saturated rings. The van der Waals surface area contributed by atoms with E-state index in [0.29, 0.717) is 25.9 Å². The van der Waals surface area contributed by atoms with E-state index in [1.165, 1.54) is 392 Å². The van der Waals surface area contributed by atoms with Gasteiger partial charge in [0, 0.05) is 12.8 Å². The number of aliphatic hydroxyl groups is 2. The van der Waals surface area contributed by atoms with Crippen LogP contribution >= 0.6 is 0 Å². The Hall–Kier alpha value is -1.66. The van der Waals surface area contributed by atoms with E-state index < -0.39 is 12.1 Å². The van der Waals surface area contributed by atoms with Gasteiger partial charge in [-0.1, -0.05) is 423 Å². The van der Waals surface area contributed by atoms with Crippen molar-refractivity contribution in [3.05, 3.63) is 24.3 Å². The Morgan fingerprint density at radius 1 is 0.315 bits per heavy atom. The molecule has 0 aliphatic heterocycles. The highest BCUT2D eigenvalue weighted by Gasteiger charge is 2.20. The summed E-state index contributed by atoms with van der Waals surface area (Å²) < 4.78 is 5.52. The number of unbranched alkanes of at least 4 members (excludes halogenated alkanes) is 63. The molecule has 0 aliphatic carbocycles. The largest absolute Gasteiger partial charge is 0.466 e. The van der Waals surface area contributed by atoms with Crippen molar-refractivity contribution >= 4 is 11.9 Å². The molecule has 6 nitrogen and oxygen atoms in total. The number of amides is 1. The predicted molar refractivity (Wildman–Crippen MR) is 393 cm³/mol. The number of allylic oxidation sites excluding steroid dienone is 4. The van der Waals surface area contributed by atoms with Crippen LogP contribution in [0, 0.1) is 0 Å². The van der Waals surface area contributed by atoms with Crippen molar-refractivity contribution < 1.29 is 24.5 Å². The molecule has 2 atom stereocenters. The third kappa shape index (κ3) is 75.3. The third-order valence-corrected chi connectivity index (χ3v) is 19.5. The second kappa shape index (κ2) is 78.8. The molecular weight excluding hydrogens is 1090 g/mol. The zero-order valence-electron chi connectivity index (χ0n) is 60.7. The number of hydrogen-bond acceptors (Lipinski definition) is 5. The second-order valence-electron chi connectivity index (χ2n) is 28.5. The third-order valence-electron chi connectivity index (χ3n) is 19.5. The molecule has 0 bridgehead atoms. The van der Waals surface area contributed by atoms with Crippen molar-refractivity contribution in [2.45, 2.75) is 482 Å². The Labute approximate surface area is 558 Å². The minimum atomic E-state index is -0.665. The molecule has 6 heteroatoms. The molecule has 0 spiro atoms. The molecule has 0 radical (unpaired) electrons. The van der Waals surface area contributed by atoms with E-state index in [4.69, 9.17) is 4.74 Å². The fourth-order valence-corrected chi connectivity index (χ4v) is 13.3. The highest BCUT2D eigenvalue weighted by molar-refractivity contribution is 5.76. The molecule has 0 saturated heterocycles. The molecule has 0 aromatic heterocycles. The predicted octanol–water partition coefficient (Wildman–Crippen LogP) is 27.2. The number of carbonyl (C=O) groups is 2. The van der Waals surface area contributed by atoms with Crippen molar-refractivity contribution in [1.29, 1.82) is 0 Å². The first-order chi connectivity index (χ1) is 44.0. The van der Waals surface area contributed by atoms with Crippen molar-refractivity contribution in [3.8, 4) is 0 Å². The highest BCUT2D eigenvalue weighted by Crippen LogP contribution is 2.20. The first-order valence-corrected chi connectivity index (χ1v) is 41.1. The van der Waals surface area contributed by atoms with E-state index in [1.807, 2.05) is 0 Å². The van der Waals surface area contributed by atoms with Crippen LogP contribution in [0.1, 0.15) is 470 Å². The minimum Gasteiger partial charge on any atom is -0.466 e. The van der Waals surface area contributed by atoms with Crippen molar-refractivity contribution in [2.24, 2.45) is 0 Å². The van der Waals surface area contributed by atoms with Crippen molar-refractivity contribution in [2.75, 3.05) is 13.2 Å². The van der Waals surface area contributed by atoms with Gasteiger partial charge in [0.1, 0.15) is 0 Å². The van der Waals surface area contributed by atoms with Gasteiger partial charge < -0.3 is 20.3 Å². The summed E-state index contributed by atoms with van der Waals surface area (Å²) in [7, 11) is 0. The average molecular weight is 1250 g/mol. The summed E-state index contributed by atoms with van der Waals surface area (Å²) in [4.78, 5) is 24.7. The first kappa shape index (κ1) is 87.3. The second-order valence-corrected chi connectivity index (χ2v) is 28.5. The molecule has 1 amide bonds. The van der Waals surface area contributed by atoms with Gasteiger partial charge in [0.15, 0.2) is 0 Å². The Kier molecular flexibility index (Phi) is 77.3. The van der Waals surface area contributed by atoms with Crippen molar-refractivity contribution in [1.82, 2.24) is 5.32 Å².